The molecular formula is C26H41N3O. The van der Waals surface area contributed by atoms with E-state index in [1.807, 2.05) is 12.4 Å². The van der Waals surface area contributed by atoms with Gasteiger partial charge in [0.25, 0.3) is 0 Å². The Morgan fingerprint density at radius 2 is 1.87 bits per heavy atom. The normalized spacial score (nSPS) is 45.4. The van der Waals surface area contributed by atoms with Crippen LogP contribution in [0.1, 0.15) is 90.0 Å². The number of hydrogen-bond donors (Lipinski definition) is 1. The minimum Gasteiger partial charge on any atom is -0.370 e. The van der Waals surface area contributed by atoms with Gasteiger partial charge in [0, 0.05) is 23.8 Å². The van der Waals surface area contributed by atoms with E-state index < -0.39 is 0 Å². The quantitative estimate of drug-likeness (QED) is 0.653. The SMILES string of the molecule is C[C@]12CCCC[C@H]1CC[C@@H]1[C@@H]2CC[C@@]2(C)[C@H]1CC[C@]2(OCCCN)c1ccnnc1. The molecule has 1 aromatic heterocycles. The van der Waals surface area contributed by atoms with Gasteiger partial charge >= 0.3 is 0 Å². The Kier molecular flexibility index (Phi) is 5.46. The van der Waals surface area contributed by atoms with Crippen molar-refractivity contribution < 1.29 is 4.74 Å². The second-order valence-electron chi connectivity index (χ2n) is 11.3. The van der Waals surface area contributed by atoms with E-state index in [2.05, 4.69) is 30.1 Å². The Bertz CT molecular complexity index is 741. The van der Waals surface area contributed by atoms with Crippen molar-refractivity contribution >= 4 is 0 Å². The van der Waals surface area contributed by atoms with Gasteiger partial charge in [0.05, 0.1) is 6.20 Å². The Hall–Kier alpha value is -1.00. The van der Waals surface area contributed by atoms with Crippen molar-refractivity contribution in [3.63, 3.8) is 0 Å². The summed E-state index contributed by atoms with van der Waals surface area (Å²) in [5.74, 6) is 3.54. The summed E-state index contributed by atoms with van der Waals surface area (Å²) in [7, 11) is 0. The first-order valence-corrected chi connectivity index (χ1v) is 12.7. The van der Waals surface area contributed by atoms with Gasteiger partial charge in [-0.05, 0) is 99.5 Å². The largest absolute Gasteiger partial charge is 0.370 e. The molecule has 4 nitrogen and oxygen atoms in total. The van der Waals surface area contributed by atoms with Crippen LogP contribution in [0.15, 0.2) is 18.5 Å². The van der Waals surface area contributed by atoms with E-state index in [1.165, 1.54) is 63.4 Å². The van der Waals surface area contributed by atoms with Crippen LogP contribution in [-0.4, -0.2) is 23.3 Å². The highest BCUT2D eigenvalue weighted by Gasteiger charge is 2.65. The van der Waals surface area contributed by atoms with Gasteiger partial charge in [-0.25, -0.2) is 0 Å². The zero-order valence-electron chi connectivity index (χ0n) is 19.1. The number of nitrogens with zero attached hydrogens (tertiary/aromatic N) is 2. The molecule has 0 saturated heterocycles. The molecule has 4 saturated carbocycles. The molecule has 0 unspecified atom stereocenters. The van der Waals surface area contributed by atoms with E-state index in [0.29, 0.717) is 12.0 Å². The summed E-state index contributed by atoms with van der Waals surface area (Å²) in [6, 6.07) is 2.16. The maximum Gasteiger partial charge on any atom is 0.100 e. The molecule has 0 amide bonds. The summed E-state index contributed by atoms with van der Waals surface area (Å²) in [4.78, 5) is 0. The van der Waals surface area contributed by atoms with Crippen molar-refractivity contribution in [2.24, 2.45) is 40.2 Å². The van der Waals surface area contributed by atoms with Crippen molar-refractivity contribution in [2.45, 2.75) is 90.1 Å². The third-order valence-corrected chi connectivity index (χ3v) is 10.5. The molecule has 7 atom stereocenters. The Balaban J connectivity index is 1.49. The summed E-state index contributed by atoms with van der Waals surface area (Å²) >= 11 is 0. The lowest BCUT2D eigenvalue weighted by Crippen LogP contribution is -2.56. The molecule has 0 aliphatic heterocycles. The zero-order chi connectivity index (χ0) is 20.8. The van der Waals surface area contributed by atoms with Crippen molar-refractivity contribution in [2.75, 3.05) is 13.2 Å². The van der Waals surface area contributed by atoms with Crippen LogP contribution in [0.3, 0.4) is 0 Å². The predicted molar refractivity (Wildman–Crippen MR) is 120 cm³/mol. The van der Waals surface area contributed by atoms with Gasteiger partial charge in [-0.2, -0.15) is 10.2 Å². The molecular weight excluding hydrogens is 370 g/mol. The lowest BCUT2D eigenvalue weighted by atomic mass is 9.44. The van der Waals surface area contributed by atoms with Crippen molar-refractivity contribution in [3.8, 4) is 0 Å². The first-order valence-electron chi connectivity index (χ1n) is 12.7. The van der Waals surface area contributed by atoms with Gasteiger partial charge in [-0.15, -0.1) is 0 Å². The second-order valence-corrected chi connectivity index (χ2v) is 11.3. The molecule has 4 aliphatic rings. The minimum absolute atomic E-state index is 0.184. The topological polar surface area (TPSA) is 61.0 Å². The molecule has 2 N–H and O–H groups in total. The average molecular weight is 412 g/mol. The molecule has 1 heterocycles. The molecule has 4 aliphatic carbocycles. The van der Waals surface area contributed by atoms with Crippen LogP contribution in [0, 0.1) is 34.5 Å². The van der Waals surface area contributed by atoms with Crippen LogP contribution in [0.25, 0.3) is 0 Å². The van der Waals surface area contributed by atoms with Crippen molar-refractivity contribution in [3.05, 3.63) is 24.0 Å². The predicted octanol–water partition coefficient (Wildman–Crippen LogP) is 5.47. The van der Waals surface area contributed by atoms with Gasteiger partial charge < -0.3 is 10.5 Å². The highest BCUT2D eigenvalue weighted by atomic mass is 16.5. The molecule has 4 fully saturated rings. The molecule has 1 aromatic rings. The van der Waals surface area contributed by atoms with Crippen LogP contribution >= 0.6 is 0 Å². The fourth-order valence-corrected chi connectivity index (χ4v) is 8.95. The molecule has 5 rings (SSSR count). The minimum atomic E-state index is -0.224. The fraction of sp³-hybridized carbons (Fsp3) is 0.846. The van der Waals surface area contributed by atoms with E-state index in [9.17, 15) is 0 Å². The van der Waals surface area contributed by atoms with E-state index in [4.69, 9.17) is 10.5 Å². The summed E-state index contributed by atoms with van der Waals surface area (Å²) < 4.78 is 6.85. The number of ether oxygens (including phenoxy) is 1. The van der Waals surface area contributed by atoms with E-state index in [-0.39, 0.29) is 11.0 Å². The van der Waals surface area contributed by atoms with Gasteiger partial charge in [-0.3, -0.25) is 0 Å². The van der Waals surface area contributed by atoms with Crippen LogP contribution in [0.2, 0.25) is 0 Å². The van der Waals surface area contributed by atoms with Crippen molar-refractivity contribution in [1.82, 2.24) is 10.2 Å². The Morgan fingerprint density at radius 1 is 1.00 bits per heavy atom. The van der Waals surface area contributed by atoms with E-state index in [0.717, 1.165) is 43.1 Å². The number of aromatic nitrogens is 2. The fourth-order valence-electron chi connectivity index (χ4n) is 8.95. The highest BCUT2D eigenvalue weighted by Crippen LogP contribution is 2.70. The molecule has 30 heavy (non-hydrogen) atoms. The van der Waals surface area contributed by atoms with Gasteiger partial charge in [0.15, 0.2) is 0 Å². The molecule has 4 heteroatoms. The summed E-state index contributed by atoms with van der Waals surface area (Å²) in [5, 5.41) is 8.33. The zero-order valence-corrected chi connectivity index (χ0v) is 19.1. The third-order valence-electron chi connectivity index (χ3n) is 10.5. The van der Waals surface area contributed by atoms with Crippen LogP contribution in [0.5, 0.6) is 0 Å². The third kappa shape index (κ3) is 2.92. The number of hydrogen-bond acceptors (Lipinski definition) is 4. The molecule has 0 aromatic carbocycles. The summed E-state index contributed by atoms with van der Waals surface area (Å²) in [6.07, 6.45) is 18.6. The highest BCUT2D eigenvalue weighted by molar-refractivity contribution is 5.27. The number of fused-ring (bicyclic) bond motifs is 5. The maximum atomic E-state index is 6.85. The maximum absolute atomic E-state index is 6.85. The molecule has 166 valence electrons. The number of nitrogens with two attached hydrogens (primary N) is 1. The van der Waals surface area contributed by atoms with Crippen LogP contribution < -0.4 is 5.73 Å². The van der Waals surface area contributed by atoms with Crippen LogP contribution in [-0.2, 0) is 10.3 Å². The van der Waals surface area contributed by atoms with Gasteiger partial charge in [0.2, 0.25) is 0 Å². The lowest BCUT2D eigenvalue weighted by Gasteiger charge is -2.61. The van der Waals surface area contributed by atoms with Gasteiger partial charge in [-0.1, -0.05) is 26.7 Å². The van der Waals surface area contributed by atoms with Crippen molar-refractivity contribution in [1.29, 1.82) is 0 Å². The van der Waals surface area contributed by atoms with E-state index >= 15 is 0 Å². The molecule has 0 bridgehead atoms. The second kappa shape index (κ2) is 7.85. The monoisotopic (exact) mass is 411 g/mol. The number of rotatable bonds is 5. The Labute approximate surface area is 182 Å². The van der Waals surface area contributed by atoms with Gasteiger partial charge in [0.1, 0.15) is 5.60 Å². The first kappa shape index (κ1) is 20.9. The van der Waals surface area contributed by atoms with E-state index in [1.54, 1.807) is 0 Å². The standard InChI is InChI=1S/C26H41N3O/c1-24-12-4-3-6-19(24)7-8-21-22(24)9-13-25(2)23(21)10-14-26(25,30-17-5-15-27)20-11-16-28-29-18-20/h11,16,18-19,21-23H,3-10,12-15,17,27H2,1-2H3/t19-,21+,22-,23-,24-,25-,26-/m0/s1. The molecule has 0 radical (unpaired) electrons. The lowest BCUT2D eigenvalue weighted by molar-refractivity contribution is -0.178. The van der Waals surface area contributed by atoms with Crippen LogP contribution in [0.4, 0.5) is 0 Å². The summed E-state index contributed by atoms with van der Waals surface area (Å²) in [6.45, 7) is 6.66. The average Bonchev–Trinajstić information content (AvgIpc) is 3.07. The summed E-state index contributed by atoms with van der Waals surface area (Å²) in [5.41, 5.74) is 7.62. The first-order chi connectivity index (χ1) is 14.6. The Morgan fingerprint density at radius 3 is 2.67 bits per heavy atom. The molecule has 0 spiro atoms. The smallest absolute Gasteiger partial charge is 0.100 e.